The Balaban J connectivity index is 1.43. The van der Waals surface area contributed by atoms with Crippen molar-refractivity contribution >= 4 is 16.9 Å². The maximum atomic E-state index is 12.8. The zero-order chi connectivity index (χ0) is 20.8. The quantitative estimate of drug-likeness (QED) is 0.470. The molecule has 152 valence electrons. The first kappa shape index (κ1) is 19.7. The zero-order valence-electron chi connectivity index (χ0n) is 16.6. The standard InChI is InChI=1S/C24H22N2O4/c1-28-16-20-19-9-5-6-10-21(19)30-23(20)24(27)26-14-18-11-12-25-22(13-18)29-15-17-7-3-2-4-8-17/h2-13H,14-16H2,1H3,(H,26,27). The number of carbonyl (C=O) groups is 1. The number of carbonyl (C=O) groups excluding carboxylic acids is 1. The van der Waals surface area contributed by atoms with E-state index in [1.54, 1.807) is 13.3 Å². The van der Waals surface area contributed by atoms with Crippen molar-refractivity contribution in [2.45, 2.75) is 19.8 Å². The minimum absolute atomic E-state index is 0.271. The molecule has 0 saturated carbocycles. The Morgan fingerprint density at radius 2 is 1.80 bits per heavy atom. The molecule has 6 heteroatoms. The zero-order valence-corrected chi connectivity index (χ0v) is 16.6. The third-order valence-corrected chi connectivity index (χ3v) is 4.68. The van der Waals surface area contributed by atoms with Crippen molar-refractivity contribution in [2.24, 2.45) is 0 Å². The second kappa shape index (κ2) is 9.24. The van der Waals surface area contributed by atoms with Crippen LogP contribution in [-0.4, -0.2) is 18.0 Å². The number of hydrogen-bond acceptors (Lipinski definition) is 5. The number of aromatic nitrogens is 1. The first-order valence-corrected chi connectivity index (χ1v) is 9.64. The number of nitrogens with one attached hydrogen (secondary N) is 1. The Morgan fingerprint density at radius 1 is 1.00 bits per heavy atom. The molecule has 0 fully saturated rings. The van der Waals surface area contributed by atoms with Crippen LogP contribution in [0.1, 0.15) is 27.2 Å². The third kappa shape index (κ3) is 4.50. The van der Waals surface area contributed by atoms with Gasteiger partial charge in [-0.2, -0.15) is 0 Å². The number of benzene rings is 2. The van der Waals surface area contributed by atoms with E-state index in [0.717, 1.165) is 22.1 Å². The van der Waals surface area contributed by atoms with E-state index >= 15 is 0 Å². The topological polar surface area (TPSA) is 73.6 Å². The lowest BCUT2D eigenvalue weighted by atomic mass is 10.1. The number of ether oxygens (including phenoxy) is 2. The van der Waals surface area contributed by atoms with E-state index in [2.05, 4.69) is 10.3 Å². The molecule has 1 N–H and O–H groups in total. The van der Waals surface area contributed by atoms with Gasteiger partial charge in [0.1, 0.15) is 12.2 Å². The van der Waals surface area contributed by atoms with E-state index < -0.39 is 0 Å². The van der Waals surface area contributed by atoms with Gasteiger partial charge in [0, 0.05) is 36.9 Å². The summed E-state index contributed by atoms with van der Waals surface area (Å²) in [5, 5.41) is 3.78. The predicted molar refractivity (Wildman–Crippen MR) is 113 cm³/mol. The van der Waals surface area contributed by atoms with Gasteiger partial charge in [0.25, 0.3) is 5.91 Å². The molecule has 0 aliphatic rings. The highest BCUT2D eigenvalue weighted by atomic mass is 16.5. The minimum Gasteiger partial charge on any atom is -0.473 e. The lowest BCUT2D eigenvalue weighted by Gasteiger charge is -2.08. The van der Waals surface area contributed by atoms with Crippen LogP contribution in [0.4, 0.5) is 0 Å². The Labute approximate surface area is 174 Å². The van der Waals surface area contributed by atoms with Crippen LogP contribution in [0.15, 0.2) is 77.3 Å². The Bertz CT molecular complexity index is 1140. The highest BCUT2D eigenvalue weighted by molar-refractivity contribution is 5.99. The largest absolute Gasteiger partial charge is 0.473 e. The van der Waals surface area contributed by atoms with E-state index in [1.165, 1.54) is 0 Å². The summed E-state index contributed by atoms with van der Waals surface area (Å²) < 4.78 is 16.8. The average molecular weight is 402 g/mol. The predicted octanol–water partition coefficient (Wildman–Crippen LogP) is 4.48. The molecule has 30 heavy (non-hydrogen) atoms. The fraction of sp³-hybridized carbons (Fsp3) is 0.167. The number of pyridine rings is 1. The SMILES string of the molecule is COCc1c(C(=O)NCc2ccnc(OCc3ccccc3)c2)oc2ccccc12. The number of methoxy groups -OCH3 is 1. The lowest BCUT2D eigenvalue weighted by molar-refractivity contribution is 0.0918. The van der Waals surface area contributed by atoms with Crippen LogP contribution >= 0.6 is 0 Å². The van der Waals surface area contributed by atoms with E-state index in [1.807, 2.05) is 66.7 Å². The highest BCUT2D eigenvalue weighted by Crippen LogP contribution is 2.26. The van der Waals surface area contributed by atoms with Gasteiger partial charge < -0.3 is 19.2 Å². The molecule has 0 unspecified atom stereocenters. The van der Waals surface area contributed by atoms with Gasteiger partial charge >= 0.3 is 0 Å². The Morgan fingerprint density at radius 3 is 2.63 bits per heavy atom. The van der Waals surface area contributed by atoms with Crippen LogP contribution in [0.3, 0.4) is 0 Å². The van der Waals surface area contributed by atoms with Crippen molar-refractivity contribution in [3.8, 4) is 5.88 Å². The summed E-state index contributed by atoms with van der Waals surface area (Å²) in [5.41, 5.74) is 3.35. The number of furan rings is 1. The summed E-state index contributed by atoms with van der Waals surface area (Å²) >= 11 is 0. The summed E-state index contributed by atoms with van der Waals surface area (Å²) in [6.45, 7) is 1.06. The molecule has 0 aliphatic heterocycles. The second-order valence-electron chi connectivity index (χ2n) is 6.80. The van der Waals surface area contributed by atoms with Crippen molar-refractivity contribution in [3.05, 3.63) is 95.4 Å². The van der Waals surface area contributed by atoms with Crippen LogP contribution < -0.4 is 10.1 Å². The van der Waals surface area contributed by atoms with Crippen molar-refractivity contribution < 1.29 is 18.7 Å². The summed E-state index contributed by atoms with van der Waals surface area (Å²) in [5.74, 6) is 0.490. The molecule has 1 amide bonds. The second-order valence-corrected chi connectivity index (χ2v) is 6.80. The molecule has 0 atom stereocenters. The number of fused-ring (bicyclic) bond motifs is 1. The number of para-hydroxylation sites is 1. The van der Waals surface area contributed by atoms with Crippen LogP contribution in [-0.2, 0) is 24.5 Å². The van der Waals surface area contributed by atoms with Crippen molar-refractivity contribution in [1.29, 1.82) is 0 Å². The number of amides is 1. The van der Waals surface area contributed by atoms with Gasteiger partial charge in [0.2, 0.25) is 5.88 Å². The normalized spacial score (nSPS) is 10.8. The number of nitrogens with zero attached hydrogens (tertiary/aromatic N) is 1. The third-order valence-electron chi connectivity index (χ3n) is 4.68. The summed E-state index contributed by atoms with van der Waals surface area (Å²) in [6, 6.07) is 21.1. The van der Waals surface area contributed by atoms with E-state index in [0.29, 0.717) is 31.2 Å². The molecule has 0 saturated heterocycles. The van der Waals surface area contributed by atoms with Gasteiger partial charge in [-0.15, -0.1) is 0 Å². The van der Waals surface area contributed by atoms with E-state index in [4.69, 9.17) is 13.9 Å². The molecule has 6 nitrogen and oxygen atoms in total. The fourth-order valence-corrected chi connectivity index (χ4v) is 3.20. The highest BCUT2D eigenvalue weighted by Gasteiger charge is 2.20. The lowest BCUT2D eigenvalue weighted by Crippen LogP contribution is -2.23. The smallest absolute Gasteiger partial charge is 0.287 e. The summed E-state index contributed by atoms with van der Waals surface area (Å²) in [7, 11) is 1.59. The van der Waals surface area contributed by atoms with Crippen LogP contribution in [0.25, 0.3) is 11.0 Å². The first-order chi connectivity index (χ1) is 14.7. The Hall–Kier alpha value is -3.64. The van der Waals surface area contributed by atoms with Crippen molar-refractivity contribution in [2.75, 3.05) is 7.11 Å². The maximum absolute atomic E-state index is 12.8. The summed E-state index contributed by atoms with van der Waals surface area (Å²) in [6.07, 6.45) is 1.67. The molecule has 0 radical (unpaired) electrons. The number of rotatable bonds is 8. The van der Waals surface area contributed by atoms with Gasteiger partial charge in [-0.3, -0.25) is 4.79 Å². The molecule has 2 heterocycles. The molecule has 2 aromatic heterocycles. The van der Waals surface area contributed by atoms with Gasteiger partial charge in [0.05, 0.1) is 6.61 Å². The maximum Gasteiger partial charge on any atom is 0.287 e. The van der Waals surface area contributed by atoms with Gasteiger partial charge in [0.15, 0.2) is 5.76 Å². The van der Waals surface area contributed by atoms with Gasteiger partial charge in [-0.25, -0.2) is 4.98 Å². The van der Waals surface area contributed by atoms with Crippen molar-refractivity contribution in [1.82, 2.24) is 10.3 Å². The molecule has 2 aromatic carbocycles. The molecule has 4 aromatic rings. The molecule has 4 rings (SSSR count). The molecule has 0 spiro atoms. The summed E-state index contributed by atoms with van der Waals surface area (Å²) in [4.78, 5) is 17.0. The minimum atomic E-state index is -0.290. The molecule has 0 aliphatic carbocycles. The number of hydrogen-bond donors (Lipinski definition) is 1. The van der Waals surface area contributed by atoms with Crippen LogP contribution in [0.5, 0.6) is 5.88 Å². The first-order valence-electron chi connectivity index (χ1n) is 9.64. The van der Waals surface area contributed by atoms with Crippen molar-refractivity contribution in [3.63, 3.8) is 0 Å². The molecular formula is C24H22N2O4. The van der Waals surface area contributed by atoms with Crippen LogP contribution in [0, 0.1) is 0 Å². The van der Waals surface area contributed by atoms with E-state index in [-0.39, 0.29) is 11.7 Å². The monoisotopic (exact) mass is 402 g/mol. The molecular weight excluding hydrogens is 380 g/mol. The average Bonchev–Trinajstić information content (AvgIpc) is 3.16. The fourth-order valence-electron chi connectivity index (χ4n) is 3.20. The molecule has 0 bridgehead atoms. The van der Waals surface area contributed by atoms with Gasteiger partial charge in [-0.05, 0) is 23.3 Å². The van der Waals surface area contributed by atoms with E-state index in [9.17, 15) is 4.79 Å². The van der Waals surface area contributed by atoms with Crippen LogP contribution in [0.2, 0.25) is 0 Å². The Kier molecular flexibility index (Phi) is 6.06. The van der Waals surface area contributed by atoms with Gasteiger partial charge in [-0.1, -0.05) is 48.5 Å².